The second-order valence-corrected chi connectivity index (χ2v) is 10.7. The van der Waals surface area contributed by atoms with Gasteiger partial charge >= 0.3 is 0 Å². The second-order valence-electron chi connectivity index (χ2n) is 8.90. The molecule has 0 aromatic heterocycles. The van der Waals surface area contributed by atoms with Gasteiger partial charge in [0.1, 0.15) is 0 Å². The molecule has 4 rings (SSSR count). The van der Waals surface area contributed by atoms with Crippen LogP contribution in [0.25, 0.3) is 0 Å². The number of benzene rings is 3. The fourth-order valence-electron chi connectivity index (χ4n) is 4.14. The highest BCUT2D eigenvalue weighted by atomic mass is 32.2. The minimum atomic E-state index is -3.58. The molecular formula is C27H31N3O3S. The maximum absolute atomic E-state index is 13.0. The molecule has 34 heavy (non-hydrogen) atoms. The third-order valence-electron chi connectivity index (χ3n) is 6.27. The summed E-state index contributed by atoms with van der Waals surface area (Å²) in [4.78, 5) is 17.5. The molecule has 0 radical (unpaired) electrons. The molecule has 1 fully saturated rings. The van der Waals surface area contributed by atoms with E-state index < -0.39 is 10.0 Å². The van der Waals surface area contributed by atoms with Crippen LogP contribution in [0.4, 0.5) is 5.69 Å². The Morgan fingerprint density at radius 3 is 2.09 bits per heavy atom. The lowest BCUT2D eigenvalue weighted by atomic mass is 10.1. The summed E-state index contributed by atoms with van der Waals surface area (Å²) >= 11 is 0. The van der Waals surface area contributed by atoms with Crippen molar-refractivity contribution in [2.45, 2.75) is 32.2 Å². The minimum absolute atomic E-state index is 0.00685. The quantitative estimate of drug-likeness (QED) is 0.582. The van der Waals surface area contributed by atoms with Crippen molar-refractivity contribution < 1.29 is 13.2 Å². The van der Waals surface area contributed by atoms with E-state index in [2.05, 4.69) is 41.7 Å². The van der Waals surface area contributed by atoms with Crippen LogP contribution < -0.4 is 9.62 Å². The number of aryl methyl sites for hydroxylation is 3. The molecule has 1 saturated heterocycles. The average molecular weight is 478 g/mol. The van der Waals surface area contributed by atoms with Crippen LogP contribution >= 0.6 is 0 Å². The number of anilines is 1. The van der Waals surface area contributed by atoms with Crippen LogP contribution in [0.2, 0.25) is 0 Å². The number of hydrogen-bond acceptors (Lipinski definition) is 4. The molecule has 1 heterocycles. The Morgan fingerprint density at radius 1 is 0.824 bits per heavy atom. The zero-order valence-corrected chi connectivity index (χ0v) is 20.7. The summed E-state index contributed by atoms with van der Waals surface area (Å²) in [6, 6.07) is 20.4. The SMILES string of the molecule is Cc1ccc(S(=O)(=O)NCc2ccc(C(=O)N3CCN(c4cc(C)ccc4C)CC3)cc2)cc1. The summed E-state index contributed by atoms with van der Waals surface area (Å²) in [5.41, 5.74) is 6.15. The van der Waals surface area contributed by atoms with Gasteiger partial charge in [0.15, 0.2) is 0 Å². The first-order chi connectivity index (χ1) is 16.2. The summed E-state index contributed by atoms with van der Waals surface area (Å²) in [5, 5.41) is 0. The van der Waals surface area contributed by atoms with E-state index in [0.717, 1.165) is 24.2 Å². The van der Waals surface area contributed by atoms with E-state index in [1.165, 1.54) is 16.8 Å². The third-order valence-corrected chi connectivity index (χ3v) is 7.69. The van der Waals surface area contributed by atoms with Gasteiger partial charge in [-0.15, -0.1) is 0 Å². The maximum atomic E-state index is 13.0. The molecule has 1 N–H and O–H groups in total. The van der Waals surface area contributed by atoms with Crippen LogP contribution in [-0.2, 0) is 16.6 Å². The van der Waals surface area contributed by atoms with Crippen LogP contribution in [-0.4, -0.2) is 45.4 Å². The van der Waals surface area contributed by atoms with Crippen LogP contribution in [0.1, 0.15) is 32.6 Å². The number of nitrogens with zero attached hydrogens (tertiary/aromatic N) is 2. The Balaban J connectivity index is 1.33. The van der Waals surface area contributed by atoms with Gasteiger partial charge in [-0.1, -0.05) is 42.0 Å². The molecule has 7 heteroatoms. The number of sulfonamides is 1. The summed E-state index contributed by atoms with van der Waals surface area (Å²) in [6.45, 7) is 9.24. The molecule has 178 valence electrons. The summed E-state index contributed by atoms with van der Waals surface area (Å²) in [7, 11) is -3.58. The molecule has 0 aliphatic carbocycles. The molecule has 1 amide bonds. The highest BCUT2D eigenvalue weighted by Gasteiger charge is 2.23. The Kier molecular flexibility index (Phi) is 7.05. The number of piperazine rings is 1. The van der Waals surface area contributed by atoms with Crippen molar-refractivity contribution in [1.29, 1.82) is 0 Å². The average Bonchev–Trinajstić information content (AvgIpc) is 2.84. The van der Waals surface area contributed by atoms with Gasteiger partial charge in [0.2, 0.25) is 10.0 Å². The number of hydrogen-bond donors (Lipinski definition) is 1. The minimum Gasteiger partial charge on any atom is -0.368 e. The van der Waals surface area contributed by atoms with Gasteiger partial charge in [-0.25, -0.2) is 13.1 Å². The van der Waals surface area contributed by atoms with Gasteiger partial charge in [0, 0.05) is 44.0 Å². The zero-order chi connectivity index (χ0) is 24.3. The molecule has 1 aliphatic rings. The van der Waals surface area contributed by atoms with Gasteiger partial charge in [0.25, 0.3) is 5.91 Å². The van der Waals surface area contributed by atoms with Gasteiger partial charge in [-0.05, 0) is 67.8 Å². The van der Waals surface area contributed by atoms with Gasteiger partial charge in [-0.2, -0.15) is 0 Å². The Bertz CT molecular complexity index is 1260. The van der Waals surface area contributed by atoms with Crippen molar-refractivity contribution in [2.24, 2.45) is 0 Å². The molecule has 0 atom stereocenters. The highest BCUT2D eigenvalue weighted by molar-refractivity contribution is 7.89. The van der Waals surface area contributed by atoms with E-state index >= 15 is 0 Å². The van der Waals surface area contributed by atoms with Gasteiger partial charge in [-0.3, -0.25) is 4.79 Å². The number of carbonyl (C=O) groups is 1. The smallest absolute Gasteiger partial charge is 0.253 e. The Morgan fingerprint density at radius 2 is 1.44 bits per heavy atom. The first kappa shape index (κ1) is 24.0. The van der Waals surface area contributed by atoms with Crippen molar-refractivity contribution in [3.8, 4) is 0 Å². The first-order valence-corrected chi connectivity index (χ1v) is 13.0. The van der Waals surface area contributed by atoms with Gasteiger partial charge in [0.05, 0.1) is 4.90 Å². The standard InChI is InChI=1S/C27H31N3O3S/c1-20-5-12-25(13-6-20)34(32,33)28-19-23-8-10-24(11-9-23)27(31)30-16-14-29(15-17-30)26-18-21(2)4-7-22(26)3/h4-13,18,28H,14-17,19H2,1-3H3. The predicted molar refractivity (Wildman–Crippen MR) is 136 cm³/mol. The third kappa shape index (κ3) is 5.48. The highest BCUT2D eigenvalue weighted by Crippen LogP contribution is 2.23. The van der Waals surface area contributed by atoms with Crippen LogP contribution in [0.5, 0.6) is 0 Å². The lowest BCUT2D eigenvalue weighted by Crippen LogP contribution is -2.49. The Hall–Kier alpha value is -3.16. The number of nitrogens with one attached hydrogen (secondary N) is 1. The lowest BCUT2D eigenvalue weighted by molar-refractivity contribution is 0.0746. The summed E-state index contributed by atoms with van der Waals surface area (Å²) in [6.07, 6.45) is 0. The monoisotopic (exact) mass is 477 g/mol. The fraction of sp³-hybridized carbons (Fsp3) is 0.296. The van der Waals surface area contributed by atoms with Crippen molar-refractivity contribution >= 4 is 21.6 Å². The van der Waals surface area contributed by atoms with Crippen molar-refractivity contribution in [3.05, 3.63) is 94.5 Å². The van der Waals surface area contributed by atoms with Crippen molar-refractivity contribution in [1.82, 2.24) is 9.62 Å². The number of carbonyl (C=O) groups excluding carboxylic acids is 1. The number of amides is 1. The summed E-state index contributed by atoms with van der Waals surface area (Å²) < 4.78 is 27.6. The van der Waals surface area contributed by atoms with E-state index in [4.69, 9.17) is 0 Å². The largest absolute Gasteiger partial charge is 0.368 e. The van der Waals surface area contributed by atoms with Crippen molar-refractivity contribution in [2.75, 3.05) is 31.1 Å². The fourth-order valence-corrected chi connectivity index (χ4v) is 5.16. The maximum Gasteiger partial charge on any atom is 0.253 e. The van der Waals surface area contributed by atoms with Crippen molar-refractivity contribution in [3.63, 3.8) is 0 Å². The molecule has 3 aromatic carbocycles. The molecule has 0 saturated carbocycles. The van der Waals surface area contributed by atoms with Crippen LogP contribution in [0.3, 0.4) is 0 Å². The van der Waals surface area contributed by atoms with Crippen LogP contribution in [0.15, 0.2) is 71.6 Å². The second kappa shape index (κ2) is 9.99. The normalized spacial score (nSPS) is 14.3. The van der Waals surface area contributed by atoms with E-state index in [9.17, 15) is 13.2 Å². The molecule has 3 aromatic rings. The molecule has 1 aliphatic heterocycles. The zero-order valence-electron chi connectivity index (χ0n) is 19.9. The topological polar surface area (TPSA) is 69.7 Å². The predicted octanol–water partition coefficient (Wildman–Crippen LogP) is 4.05. The lowest BCUT2D eigenvalue weighted by Gasteiger charge is -2.37. The Labute approximate surface area is 202 Å². The van der Waals surface area contributed by atoms with E-state index in [0.29, 0.717) is 18.7 Å². The molecule has 0 spiro atoms. The summed E-state index contributed by atoms with van der Waals surface area (Å²) in [5.74, 6) is 0.00685. The first-order valence-electron chi connectivity index (χ1n) is 11.5. The molecule has 0 unspecified atom stereocenters. The van der Waals surface area contributed by atoms with Crippen LogP contribution in [0, 0.1) is 20.8 Å². The van der Waals surface area contributed by atoms with E-state index in [-0.39, 0.29) is 17.3 Å². The van der Waals surface area contributed by atoms with Gasteiger partial charge < -0.3 is 9.80 Å². The van der Waals surface area contributed by atoms with E-state index in [1.807, 2.05) is 11.8 Å². The van der Waals surface area contributed by atoms with E-state index in [1.54, 1.807) is 48.5 Å². The molecule has 6 nitrogen and oxygen atoms in total. The number of rotatable bonds is 6. The molecular weight excluding hydrogens is 446 g/mol. The molecule has 0 bridgehead atoms.